The van der Waals surface area contributed by atoms with Crippen molar-refractivity contribution >= 4 is 0 Å². The zero-order valence-electron chi connectivity index (χ0n) is 1.89. The van der Waals surface area contributed by atoms with Crippen LogP contribution in [0.3, 0.4) is 0 Å². The third kappa shape index (κ3) is 0.0259. The van der Waals surface area contributed by atoms with E-state index in [1.165, 1.54) is 0 Å². The Morgan fingerprint density at radius 2 is 1.75 bits per heavy atom. The van der Waals surface area contributed by atoms with Gasteiger partial charge in [-0.3, -0.25) is 0 Å². The van der Waals surface area contributed by atoms with Gasteiger partial charge in [-0.25, -0.2) is 0 Å². The summed E-state index contributed by atoms with van der Waals surface area (Å²) in [6, 6.07) is 0. The summed E-state index contributed by atoms with van der Waals surface area (Å²) in [6.07, 6.45) is 1.000. The normalized spacial score (nSPS) is 39.0. The number of fused-ring (bicyclic) bond motifs is 1. The maximum atomic E-state index is 4.50. The second-order valence-corrected chi connectivity index (χ2v) is 0.887. The molecule has 0 amide bonds. The molecule has 0 bridgehead atoms. The third-order valence-corrected chi connectivity index (χ3v) is 0.524. The minimum atomic E-state index is 0.167. The summed E-state index contributed by atoms with van der Waals surface area (Å²) < 4.78 is 9.00. The average molecular weight is 57.0 g/mol. The number of epoxide rings is 2. The smallest absolute Gasteiger partial charge is 0.287 e. The van der Waals surface area contributed by atoms with E-state index in [2.05, 4.69) is 9.47 Å². The zero-order valence-corrected chi connectivity index (χ0v) is 1.89. The van der Waals surface area contributed by atoms with Gasteiger partial charge in [0.15, 0.2) is 0 Å². The first-order valence-electron chi connectivity index (χ1n) is 1.17. The Bertz CT molecular complexity index is 40.0. The van der Waals surface area contributed by atoms with Crippen molar-refractivity contribution in [1.29, 1.82) is 0 Å². The SMILES string of the molecule is O1[C]2OC12. The molecule has 0 atom stereocenters. The fourth-order valence-electron chi connectivity index (χ4n) is 0.152. The molecule has 0 unspecified atom stereocenters. The molecule has 0 aromatic rings. The van der Waals surface area contributed by atoms with Crippen molar-refractivity contribution in [3.8, 4) is 0 Å². The summed E-state index contributed by atoms with van der Waals surface area (Å²) in [4.78, 5) is 0. The topological polar surface area (TPSA) is 25.1 Å². The van der Waals surface area contributed by atoms with Gasteiger partial charge in [0.1, 0.15) is 0 Å². The Morgan fingerprint density at radius 3 is 1.75 bits per heavy atom. The Morgan fingerprint density at radius 1 is 1.50 bits per heavy atom. The monoisotopic (exact) mass is 57.0 g/mol. The fourth-order valence-corrected chi connectivity index (χ4v) is 0.152. The van der Waals surface area contributed by atoms with Gasteiger partial charge in [0, 0.05) is 0 Å². The van der Waals surface area contributed by atoms with Crippen molar-refractivity contribution in [2.75, 3.05) is 0 Å². The van der Waals surface area contributed by atoms with E-state index >= 15 is 0 Å². The number of hydrogen-bond acceptors (Lipinski definition) is 2. The molecule has 0 N–H and O–H groups in total. The Balaban J connectivity index is 2.48. The molecule has 2 heteroatoms. The summed E-state index contributed by atoms with van der Waals surface area (Å²) in [5.74, 6) is 0. The second kappa shape index (κ2) is 0.172. The molecule has 0 aliphatic carbocycles. The minimum Gasteiger partial charge on any atom is -0.305 e. The predicted molar refractivity (Wildman–Crippen MR) is 9.20 cm³/mol. The van der Waals surface area contributed by atoms with Crippen molar-refractivity contribution in [3.05, 3.63) is 6.29 Å². The predicted octanol–water partition coefficient (Wildman–Crippen LogP) is -0.138. The highest BCUT2D eigenvalue weighted by Crippen LogP contribution is 2.50. The Kier molecular flexibility index (Phi) is 0.0592. The lowest BCUT2D eigenvalue weighted by atomic mass is 11.0. The van der Waals surface area contributed by atoms with Crippen LogP contribution in [-0.4, -0.2) is 6.29 Å². The highest BCUT2D eigenvalue weighted by atomic mass is 17.0. The van der Waals surface area contributed by atoms with Crippen LogP contribution in [0.2, 0.25) is 0 Å². The molecule has 0 aromatic heterocycles. The molecule has 2 aliphatic heterocycles. The van der Waals surface area contributed by atoms with Crippen LogP contribution in [0.1, 0.15) is 0 Å². The van der Waals surface area contributed by atoms with Gasteiger partial charge in [-0.05, 0) is 0 Å². The van der Waals surface area contributed by atoms with Crippen LogP contribution in [-0.2, 0) is 9.47 Å². The molecule has 0 spiro atoms. The largest absolute Gasteiger partial charge is 0.305 e. The van der Waals surface area contributed by atoms with E-state index in [0.29, 0.717) is 0 Å². The fraction of sp³-hybridized carbons (Fsp3) is 0.500. The Labute approximate surface area is 23.3 Å². The van der Waals surface area contributed by atoms with Crippen LogP contribution in [0, 0.1) is 6.29 Å². The van der Waals surface area contributed by atoms with Crippen molar-refractivity contribution in [3.63, 3.8) is 0 Å². The van der Waals surface area contributed by atoms with Crippen molar-refractivity contribution in [2.45, 2.75) is 6.29 Å². The summed E-state index contributed by atoms with van der Waals surface area (Å²) in [6.45, 7) is 0. The van der Waals surface area contributed by atoms with Crippen LogP contribution in [0.15, 0.2) is 0 Å². The van der Waals surface area contributed by atoms with E-state index in [0.717, 1.165) is 6.29 Å². The van der Waals surface area contributed by atoms with Gasteiger partial charge in [-0.1, -0.05) is 0 Å². The maximum Gasteiger partial charge on any atom is 0.287 e. The lowest BCUT2D eigenvalue weighted by molar-refractivity contribution is 0.0588. The molecule has 1 radical (unpaired) electrons. The molecule has 2 nitrogen and oxygen atoms in total. The molecule has 2 fully saturated rings. The van der Waals surface area contributed by atoms with Gasteiger partial charge in [-0.15, -0.1) is 0 Å². The lowest BCUT2D eigenvalue weighted by Crippen LogP contribution is -1.64. The van der Waals surface area contributed by atoms with Gasteiger partial charge < -0.3 is 9.47 Å². The third-order valence-electron chi connectivity index (χ3n) is 0.524. The van der Waals surface area contributed by atoms with Crippen molar-refractivity contribution in [1.82, 2.24) is 0 Å². The van der Waals surface area contributed by atoms with Crippen LogP contribution >= 0.6 is 0 Å². The summed E-state index contributed by atoms with van der Waals surface area (Å²) >= 11 is 0. The standard InChI is InChI=1S/C2HO2/c3-1-2(3)4-1/h1H. The summed E-state index contributed by atoms with van der Waals surface area (Å²) in [7, 11) is 0. The quantitative estimate of drug-likeness (QED) is 0.361. The molecule has 2 saturated heterocycles. The van der Waals surface area contributed by atoms with Crippen LogP contribution in [0.5, 0.6) is 0 Å². The van der Waals surface area contributed by atoms with Gasteiger partial charge >= 0.3 is 0 Å². The average Bonchev–Trinajstić information content (AvgIpc) is 1.36. The van der Waals surface area contributed by atoms with Crippen LogP contribution in [0.25, 0.3) is 0 Å². The van der Waals surface area contributed by atoms with Crippen molar-refractivity contribution < 1.29 is 9.47 Å². The van der Waals surface area contributed by atoms with Gasteiger partial charge in [0.25, 0.3) is 6.29 Å². The van der Waals surface area contributed by atoms with E-state index < -0.39 is 0 Å². The molecule has 2 aliphatic rings. The zero-order chi connectivity index (χ0) is 2.57. The van der Waals surface area contributed by atoms with Gasteiger partial charge in [0.05, 0.1) is 0 Å². The van der Waals surface area contributed by atoms with E-state index in [4.69, 9.17) is 0 Å². The molecule has 21 valence electrons. The molecule has 2 heterocycles. The lowest BCUT2D eigenvalue weighted by Gasteiger charge is -1.67. The molecule has 0 aromatic carbocycles. The maximum absolute atomic E-state index is 4.50. The van der Waals surface area contributed by atoms with Crippen LogP contribution < -0.4 is 0 Å². The van der Waals surface area contributed by atoms with Gasteiger partial charge in [-0.2, -0.15) is 0 Å². The highest BCUT2D eigenvalue weighted by Gasteiger charge is 2.62. The molecule has 2 rings (SSSR count). The number of ether oxygens (including phenoxy) is 2. The summed E-state index contributed by atoms with van der Waals surface area (Å²) in [5.41, 5.74) is 0. The molecular formula is C2HO2. The van der Waals surface area contributed by atoms with Crippen molar-refractivity contribution in [2.24, 2.45) is 0 Å². The number of hydrogen-bond donors (Lipinski definition) is 0. The summed E-state index contributed by atoms with van der Waals surface area (Å²) in [5, 5.41) is 0. The second-order valence-electron chi connectivity index (χ2n) is 0.887. The van der Waals surface area contributed by atoms with E-state index in [1.807, 2.05) is 0 Å². The first-order chi connectivity index (χ1) is 1.97. The molecule has 4 heavy (non-hydrogen) atoms. The highest BCUT2D eigenvalue weighted by molar-refractivity contribution is 5.02. The van der Waals surface area contributed by atoms with Crippen LogP contribution in [0.4, 0.5) is 0 Å². The molecule has 0 saturated carbocycles. The van der Waals surface area contributed by atoms with E-state index in [9.17, 15) is 0 Å². The van der Waals surface area contributed by atoms with E-state index in [1.54, 1.807) is 0 Å². The Hall–Kier alpha value is -0.0800. The first kappa shape index (κ1) is 1.38. The molecular weight excluding hydrogens is 56.0 g/mol. The minimum absolute atomic E-state index is 0.167. The first-order valence-corrected chi connectivity index (χ1v) is 1.17. The van der Waals surface area contributed by atoms with E-state index in [-0.39, 0.29) is 6.29 Å². The number of rotatable bonds is 0. The van der Waals surface area contributed by atoms with Gasteiger partial charge in [0.2, 0.25) is 6.29 Å².